The van der Waals surface area contributed by atoms with Crippen molar-refractivity contribution in [3.05, 3.63) is 111 Å². The molecular formula is C26H18N2O6. The van der Waals surface area contributed by atoms with Crippen molar-refractivity contribution < 1.29 is 23.8 Å². The average molecular weight is 454 g/mol. The van der Waals surface area contributed by atoms with Crippen molar-refractivity contribution >= 4 is 33.9 Å². The Morgan fingerprint density at radius 3 is 2.50 bits per heavy atom. The average Bonchev–Trinajstić information content (AvgIpc) is 3.31. The number of esters is 1. The topological polar surface area (TPSA) is 122 Å². The van der Waals surface area contributed by atoms with Gasteiger partial charge in [0.1, 0.15) is 12.1 Å². The summed E-state index contributed by atoms with van der Waals surface area (Å²) in [7, 11) is 0. The van der Waals surface area contributed by atoms with Gasteiger partial charge in [0.25, 0.3) is 5.56 Å². The normalized spacial score (nSPS) is 11.1. The molecule has 0 aliphatic carbocycles. The lowest BCUT2D eigenvalue weighted by atomic mass is 10.0. The lowest BCUT2D eigenvalue weighted by Gasteiger charge is -2.08. The van der Waals surface area contributed by atoms with E-state index in [1.807, 2.05) is 0 Å². The zero-order valence-electron chi connectivity index (χ0n) is 17.8. The Labute approximate surface area is 192 Å². The number of pyridine rings is 1. The molecule has 0 aliphatic rings. The maximum Gasteiger partial charge on any atom is 0.338 e. The molecule has 8 heteroatoms. The number of aromatic nitrogens is 2. The highest BCUT2D eigenvalue weighted by molar-refractivity contribution is 5.94. The molecule has 0 spiro atoms. The molecule has 2 aromatic heterocycles. The Bertz CT molecular complexity index is 1600. The number of nitrogens with zero attached hydrogens (tertiary/aromatic N) is 1. The van der Waals surface area contributed by atoms with E-state index in [1.54, 1.807) is 54.6 Å². The molecule has 0 aliphatic heterocycles. The van der Waals surface area contributed by atoms with E-state index in [1.165, 1.54) is 18.5 Å². The fourth-order valence-corrected chi connectivity index (χ4v) is 3.72. The molecule has 8 nitrogen and oxygen atoms in total. The molecule has 2 N–H and O–H groups in total. The van der Waals surface area contributed by atoms with Gasteiger partial charge in [-0.3, -0.25) is 4.79 Å². The molecule has 168 valence electrons. The fourth-order valence-electron chi connectivity index (χ4n) is 3.72. The SMILES string of the molecule is O=C(O)c1ccc(Cc2cc3cc(C(=O)OCc4ccc5ocnc5c4)ccc3[nH]c2=O)cc1. The van der Waals surface area contributed by atoms with Crippen LogP contribution in [0.25, 0.3) is 22.0 Å². The van der Waals surface area contributed by atoms with Gasteiger partial charge in [-0.15, -0.1) is 0 Å². The number of nitrogens with one attached hydrogen (secondary N) is 1. The van der Waals surface area contributed by atoms with Crippen LogP contribution in [0.3, 0.4) is 0 Å². The van der Waals surface area contributed by atoms with Crippen LogP contribution in [0.1, 0.15) is 37.4 Å². The molecule has 0 saturated heterocycles. The van der Waals surface area contributed by atoms with E-state index in [-0.39, 0.29) is 17.7 Å². The summed E-state index contributed by atoms with van der Waals surface area (Å²) in [6.45, 7) is 0.0862. The van der Waals surface area contributed by atoms with Crippen LogP contribution in [0.2, 0.25) is 0 Å². The second-order valence-electron chi connectivity index (χ2n) is 7.84. The zero-order chi connectivity index (χ0) is 23.7. The number of fused-ring (bicyclic) bond motifs is 2. The molecule has 34 heavy (non-hydrogen) atoms. The van der Waals surface area contributed by atoms with Gasteiger partial charge in [-0.05, 0) is 65.0 Å². The minimum atomic E-state index is -1.01. The maximum atomic E-state index is 12.6. The van der Waals surface area contributed by atoms with Crippen molar-refractivity contribution in [1.29, 1.82) is 0 Å². The highest BCUT2D eigenvalue weighted by Gasteiger charge is 2.12. The van der Waals surface area contributed by atoms with Crippen LogP contribution in [-0.4, -0.2) is 27.0 Å². The molecule has 5 aromatic rings. The number of hydrogen-bond donors (Lipinski definition) is 2. The molecule has 0 unspecified atom stereocenters. The molecule has 0 atom stereocenters. The van der Waals surface area contributed by atoms with Crippen LogP contribution >= 0.6 is 0 Å². The predicted molar refractivity (Wildman–Crippen MR) is 124 cm³/mol. The first-order valence-corrected chi connectivity index (χ1v) is 10.4. The Kier molecular flexibility index (Phi) is 5.39. The summed E-state index contributed by atoms with van der Waals surface area (Å²) in [5, 5.41) is 9.73. The summed E-state index contributed by atoms with van der Waals surface area (Å²) < 4.78 is 10.7. The number of carbonyl (C=O) groups is 2. The van der Waals surface area contributed by atoms with Crippen molar-refractivity contribution in [3.63, 3.8) is 0 Å². The van der Waals surface area contributed by atoms with Crippen LogP contribution in [0.15, 0.2) is 82.3 Å². The first-order chi connectivity index (χ1) is 16.5. The van der Waals surface area contributed by atoms with Crippen LogP contribution < -0.4 is 5.56 Å². The van der Waals surface area contributed by atoms with E-state index in [0.29, 0.717) is 39.6 Å². The largest absolute Gasteiger partial charge is 0.478 e. The number of aromatic carboxylic acids is 1. The van der Waals surface area contributed by atoms with Crippen molar-refractivity contribution in [1.82, 2.24) is 9.97 Å². The summed E-state index contributed by atoms with van der Waals surface area (Å²) in [5.74, 6) is -1.49. The first-order valence-electron chi connectivity index (χ1n) is 10.4. The van der Waals surface area contributed by atoms with Crippen LogP contribution in [0, 0.1) is 0 Å². The summed E-state index contributed by atoms with van der Waals surface area (Å²) >= 11 is 0. The summed E-state index contributed by atoms with van der Waals surface area (Å²) in [5.41, 5.74) is 4.34. The molecule has 0 saturated carbocycles. The minimum Gasteiger partial charge on any atom is -0.478 e. The molecule has 5 rings (SSSR count). The number of aromatic amines is 1. The standard InChI is InChI=1S/C26H18N2O6/c29-24-20(9-15-1-4-17(5-2-15)25(30)31)12-19-11-18(6-7-21(19)28-24)26(32)33-13-16-3-8-23-22(10-16)27-14-34-23/h1-8,10-12,14H,9,13H2,(H,28,29)(H,30,31). The van der Waals surface area contributed by atoms with E-state index < -0.39 is 11.9 Å². The second kappa shape index (κ2) is 8.67. The van der Waals surface area contributed by atoms with Crippen LogP contribution in [0.4, 0.5) is 0 Å². The number of hydrogen-bond acceptors (Lipinski definition) is 6. The van der Waals surface area contributed by atoms with Gasteiger partial charge in [0.2, 0.25) is 0 Å². The van der Waals surface area contributed by atoms with E-state index in [4.69, 9.17) is 14.3 Å². The Morgan fingerprint density at radius 2 is 1.71 bits per heavy atom. The molecule has 0 bridgehead atoms. The van der Waals surface area contributed by atoms with Crippen LogP contribution in [-0.2, 0) is 17.8 Å². The Morgan fingerprint density at radius 1 is 0.941 bits per heavy atom. The van der Waals surface area contributed by atoms with Gasteiger partial charge >= 0.3 is 11.9 Å². The molecule has 0 radical (unpaired) electrons. The number of carboxylic acid groups (broad SMARTS) is 1. The number of benzene rings is 3. The van der Waals surface area contributed by atoms with Gasteiger partial charge in [0.05, 0.1) is 11.1 Å². The van der Waals surface area contributed by atoms with Gasteiger partial charge in [0, 0.05) is 17.5 Å². The van der Waals surface area contributed by atoms with Crippen molar-refractivity contribution in [2.45, 2.75) is 13.0 Å². The van der Waals surface area contributed by atoms with Gasteiger partial charge in [-0.25, -0.2) is 14.6 Å². The number of carboxylic acids is 1. The molecular weight excluding hydrogens is 436 g/mol. The van der Waals surface area contributed by atoms with Gasteiger partial charge < -0.3 is 19.2 Å². The van der Waals surface area contributed by atoms with Crippen LogP contribution in [0.5, 0.6) is 0 Å². The van der Waals surface area contributed by atoms with E-state index in [0.717, 1.165) is 11.1 Å². The summed E-state index contributed by atoms with van der Waals surface area (Å²) in [4.78, 5) is 43.1. The molecule has 3 aromatic carbocycles. The van der Waals surface area contributed by atoms with Gasteiger partial charge in [0.15, 0.2) is 12.0 Å². The smallest absolute Gasteiger partial charge is 0.338 e. The van der Waals surface area contributed by atoms with Gasteiger partial charge in [-0.1, -0.05) is 18.2 Å². The first kappa shape index (κ1) is 21.1. The number of ether oxygens (including phenoxy) is 1. The van der Waals surface area contributed by atoms with E-state index in [9.17, 15) is 14.4 Å². The number of oxazole rings is 1. The Balaban J connectivity index is 1.35. The monoisotopic (exact) mass is 454 g/mol. The third kappa shape index (κ3) is 4.29. The van der Waals surface area contributed by atoms with Crippen molar-refractivity contribution in [3.8, 4) is 0 Å². The third-order valence-electron chi connectivity index (χ3n) is 5.52. The lowest BCUT2D eigenvalue weighted by Crippen LogP contribution is -2.13. The highest BCUT2D eigenvalue weighted by atomic mass is 16.5. The van der Waals surface area contributed by atoms with E-state index in [2.05, 4.69) is 9.97 Å². The number of carbonyl (C=O) groups excluding carboxylic acids is 1. The lowest BCUT2D eigenvalue weighted by molar-refractivity contribution is 0.0472. The summed E-state index contributed by atoms with van der Waals surface area (Å²) in [6, 6.07) is 18.4. The fraction of sp³-hybridized carbons (Fsp3) is 0.0769. The minimum absolute atomic E-state index is 0.0862. The van der Waals surface area contributed by atoms with Gasteiger partial charge in [-0.2, -0.15) is 0 Å². The molecule has 0 fully saturated rings. The third-order valence-corrected chi connectivity index (χ3v) is 5.52. The summed E-state index contributed by atoms with van der Waals surface area (Å²) in [6.07, 6.45) is 1.68. The highest BCUT2D eigenvalue weighted by Crippen LogP contribution is 2.19. The van der Waals surface area contributed by atoms with E-state index >= 15 is 0 Å². The number of H-pyrrole nitrogens is 1. The molecule has 2 heterocycles. The maximum absolute atomic E-state index is 12.6. The predicted octanol–water partition coefficient (Wildman–Crippen LogP) is 4.32. The molecule has 0 amide bonds. The van der Waals surface area contributed by atoms with Crippen molar-refractivity contribution in [2.75, 3.05) is 0 Å². The van der Waals surface area contributed by atoms with Crippen molar-refractivity contribution in [2.24, 2.45) is 0 Å². The second-order valence-corrected chi connectivity index (χ2v) is 7.84. The zero-order valence-corrected chi connectivity index (χ0v) is 17.8. The number of rotatable bonds is 6. The quantitative estimate of drug-likeness (QED) is 0.367. The Hall–Kier alpha value is -4.72.